The number of halogens is 1. The smallest absolute Gasteiger partial charge is 0.251 e. The minimum absolute atomic E-state index is 0.143. The summed E-state index contributed by atoms with van der Waals surface area (Å²) in [6.45, 7) is 7.48. The van der Waals surface area contributed by atoms with Gasteiger partial charge in [-0.3, -0.25) is 9.59 Å². The van der Waals surface area contributed by atoms with Crippen molar-refractivity contribution in [2.75, 3.05) is 31.5 Å². The van der Waals surface area contributed by atoms with Gasteiger partial charge in [0, 0.05) is 30.4 Å². The third-order valence-corrected chi connectivity index (χ3v) is 4.30. The summed E-state index contributed by atoms with van der Waals surface area (Å²) in [5.41, 5.74) is 1.72. The third kappa shape index (κ3) is 6.96. The van der Waals surface area contributed by atoms with Crippen LogP contribution in [0.4, 0.5) is 10.1 Å². The summed E-state index contributed by atoms with van der Waals surface area (Å²) < 4.78 is 13.1. The van der Waals surface area contributed by atoms with Crippen LogP contribution >= 0.6 is 0 Å². The van der Waals surface area contributed by atoms with Gasteiger partial charge in [-0.2, -0.15) is 0 Å². The van der Waals surface area contributed by atoms with Crippen LogP contribution in [0.15, 0.2) is 54.6 Å². The lowest BCUT2D eigenvalue weighted by atomic mass is 10.2. The Bertz CT molecular complexity index is 815. The number of nitrogens with one attached hydrogen (secondary N) is 2. The Kier molecular flexibility index (Phi) is 8.37. The lowest BCUT2D eigenvalue weighted by Crippen LogP contribution is -2.34. The number of carbonyl (C=O) groups is 2. The highest BCUT2D eigenvalue weighted by Gasteiger charge is 2.06. The van der Waals surface area contributed by atoms with Crippen LogP contribution in [0.25, 0.3) is 6.08 Å². The van der Waals surface area contributed by atoms with Crippen LogP contribution in [0.5, 0.6) is 0 Å². The number of benzene rings is 2. The molecule has 6 heteroatoms. The molecule has 0 aliphatic heterocycles. The monoisotopic (exact) mass is 383 g/mol. The molecule has 2 amide bonds. The van der Waals surface area contributed by atoms with Gasteiger partial charge in [0.1, 0.15) is 5.82 Å². The second-order valence-corrected chi connectivity index (χ2v) is 6.24. The summed E-state index contributed by atoms with van der Waals surface area (Å²) in [7, 11) is 0. The van der Waals surface area contributed by atoms with Gasteiger partial charge >= 0.3 is 0 Å². The van der Waals surface area contributed by atoms with Gasteiger partial charge in [-0.05, 0) is 61.1 Å². The van der Waals surface area contributed by atoms with E-state index < -0.39 is 0 Å². The molecule has 28 heavy (non-hydrogen) atoms. The van der Waals surface area contributed by atoms with Crippen LogP contribution in [-0.2, 0) is 4.79 Å². The molecule has 0 saturated carbocycles. The molecule has 148 valence electrons. The first-order valence-electron chi connectivity index (χ1n) is 9.37. The molecule has 0 spiro atoms. The summed E-state index contributed by atoms with van der Waals surface area (Å²) in [4.78, 5) is 26.4. The van der Waals surface area contributed by atoms with Crippen molar-refractivity contribution in [3.05, 3.63) is 71.6 Å². The highest BCUT2D eigenvalue weighted by Crippen LogP contribution is 2.10. The molecule has 2 N–H and O–H groups in total. The molecule has 0 atom stereocenters. The van der Waals surface area contributed by atoms with E-state index in [1.807, 2.05) is 0 Å². The summed E-state index contributed by atoms with van der Waals surface area (Å²) >= 11 is 0. The molecule has 0 saturated heterocycles. The Morgan fingerprint density at radius 3 is 2.43 bits per heavy atom. The number of hydrogen-bond acceptors (Lipinski definition) is 3. The zero-order valence-electron chi connectivity index (χ0n) is 16.2. The lowest BCUT2D eigenvalue weighted by molar-refractivity contribution is -0.111. The van der Waals surface area contributed by atoms with E-state index in [-0.39, 0.29) is 17.6 Å². The molecule has 2 aromatic rings. The largest absolute Gasteiger partial charge is 0.351 e. The SMILES string of the molecule is CCN(CC)CCNC(=O)c1ccc(NC(=O)/C=C/c2cccc(F)c2)cc1. The Hall–Kier alpha value is -2.99. The maximum absolute atomic E-state index is 13.1. The number of anilines is 1. The van der Waals surface area contributed by atoms with Crippen LogP contribution in [0, 0.1) is 5.82 Å². The first-order valence-corrected chi connectivity index (χ1v) is 9.37. The van der Waals surface area contributed by atoms with Gasteiger partial charge in [-0.15, -0.1) is 0 Å². The third-order valence-electron chi connectivity index (χ3n) is 4.30. The minimum Gasteiger partial charge on any atom is -0.351 e. The molecule has 0 aromatic heterocycles. The van der Waals surface area contributed by atoms with Crippen molar-refractivity contribution >= 4 is 23.6 Å². The quantitative estimate of drug-likeness (QED) is 0.651. The molecule has 0 fully saturated rings. The molecule has 0 heterocycles. The van der Waals surface area contributed by atoms with Gasteiger partial charge in [0.05, 0.1) is 0 Å². The number of nitrogens with zero attached hydrogens (tertiary/aromatic N) is 1. The predicted molar refractivity (Wildman–Crippen MR) is 111 cm³/mol. The van der Waals surface area contributed by atoms with E-state index in [1.54, 1.807) is 36.4 Å². The average Bonchev–Trinajstić information content (AvgIpc) is 2.70. The molecule has 0 aliphatic rings. The summed E-state index contributed by atoms with van der Waals surface area (Å²) in [6, 6.07) is 12.7. The fraction of sp³-hybridized carbons (Fsp3) is 0.273. The van der Waals surface area contributed by atoms with Crippen LogP contribution < -0.4 is 10.6 Å². The summed E-state index contributed by atoms with van der Waals surface area (Å²) in [6.07, 6.45) is 2.87. The van der Waals surface area contributed by atoms with Gasteiger partial charge in [-0.25, -0.2) is 4.39 Å². The van der Waals surface area contributed by atoms with Crippen LogP contribution in [-0.4, -0.2) is 42.9 Å². The number of carbonyl (C=O) groups excluding carboxylic acids is 2. The van der Waals surface area contributed by atoms with E-state index >= 15 is 0 Å². The minimum atomic E-state index is -0.353. The second-order valence-electron chi connectivity index (χ2n) is 6.24. The Morgan fingerprint density at radius 2 is 1.79 bits per heavy atom. The second kappa shape index (κ2) is 11.0. The first kappa shape index (κ1) is 21.3. The fourth-order valence-corrected chi connectivity index (χ4v) is 2.64. The van der Waals surface area contributed by atoms with Crippen LogP contribution in [0.1, 0.15) is 29.8 Å². The van der Waals surface area contributed by atoms with E-state index in [4.69, 9.17) is 0 Å². The summed E-state index contributed by atoms with van der Waals surface area (Å²) in [5, 5.41) is 5.60. The van der Waals surface area contributed by atoms with Gasteiger partial charge in [-0.1, -0.05) is 26.0 Å². The molecule has 0 bridgehead atoms. The molecule has 0 aliphatic carbocycles. The first-order chi connectivity index (χ1) is 13.5. The molecular formula is C22H26FN3O2. The number of hydrogen-bond donors (Lipinski definition) is 2. The molecule has 0 unspecified atom stereocenters. The van der Waals surface area contributed by atoms with E-state index in [1.165, 1.54) is 24.3 Å². The predicted octanol–water partition coefficient (Wildman–Crippen LogP) is 3.55. The molecule has 0 radical (unpaired) electrons. The molecule has 5 nitrogen and oxygen atoms in total. The van der Waals surface area contributed by atoms with E-state index in [0.717, 1.165) is 19.6 Å². The molecule has 2 aromatic carbocycles. The number of amides is 2. The fourth-order valence-electron chi connectivity index (χ4n) is 2.64. The van der Waals surface area contributed by atoms with Crippen LogP contribution in [0.3, 0.4) is 0 Å². The molecular weight excluding hydrogens is 357 g/mol. The van der Waals surface area contributed by atoms with Crippen molar-refractivity contribution in [1.29, 1.82) is 0 Å². The Labute approximate surface area is 165 Å². The maximum Gasteiger partial charge on any atom is 0.251 e. The Balaban J connectivity index is 1.84. The van der Waals surface area contributed by atoms with Gasteiger partial charge < -0.3 is 15.5 Å². The van der Waals surface area contributed by atoms with E-state index in [9.17, 15) is 14.0 Å². The standard InChI is InChI=1S/C22H26FN3O2/c1-3-26(4-2)15-14-24-22(28)18-9-11-20(12-10-18)25-21(27)13-8-17-6-5-7-19(23)16-17/h5-13,16H,3-4,14-15H2,1-2H3,(H,24,28)(H,25,27)/b13-8+. The van der Waals surface area contributed by atoms with Crippen molar-refractivity contribution in [2.45, 2.75) is 13.8 Å². The zero-order chi connectivity index (χ0) is 20.4. The maximum atomic E-state index is 13.1. The Morgan fingerprint density at radius 1 is 1.07 bits per heavy atom. The highest BCUT2D eigenvalue weighted by atomic mass is 19.1. The van der Waals surface area contributed by atoms with Crippen molar-refractivity contribution < 1.29 is 14.0 Å². The highest BCUT2D eigenvalue weighted by molar-refractivity contribution is 6.02. The van der Waals surface area contributed by atoms with E-state index in [2.05, 4.69) is 29.4 Å². The zero-order valence-corrected chi connectivity index (χ0v) is 16.2. The van der Waals surface area contributed by atoms with Crippen molar-refractivity contribution in [2.24, 2.45) is 0 Å². The van der Waals surface area contributed by atoms with Gasteiger partial charge in [0.15, 0.2) is 0 Å². The number of rotatable bonds is 9. The topological polar surface area (TPSA) is 61.4 Å². The summed E-state index contributed by atoms with van der Waals surface area (Å²) in [5.74, 6) is -0.828. The molecule has 2 rings (SSSR count). The average molecular weight is 383 g/mol. The normalized spacial score (nSPS) is 11.0. The number of likely N-dealkylation sites (N-methyl/N-ethyl adjacent to an activating group) is 1. The van der Waals surface area contributed by atoms with Crippen LogP contribution in [0.2, 0.25) is 0 Å². The van der Waals surface area contributed by atoms with Crippen molar-refractivity contribution in [3.63, 3.8) is 0 Å². The van der Waals surface area contributed by atoms with Crippen molar-refractivity contribution in [3.8, 4) is 0 Å². The van der Waals surface area contributed by atoms with Gasteiger partial charge in [0.25, 0.3) is 5.91 Å². The van der Waals surface area contributed by atoms with Gasteiger partial charge in [0.2, 0.25) is 5.91 Å². The van der Waals surface area contributed by atoms with Crippen molar-refractivity contribution in [1.82, 2.24) is 10.2 Å². The van der Waals surface area contributed by atoms with E-state index in [0.29, 0.717) is 23.4 Å². The lowest BCUT2D eigenvalue weighted by Gasteiger charge is -2.17.